The lowest BCUT2D eigenvalue weighted by molar-refractivity contribution is -0.0191. The minimum absolute atomic E-state index is 0.0130. The molecular formula is C24H19ClN2O4. The van der Waals surface area contributed by atoms with Gasteiger partial charge in [0.05, 0.1) is 18.9 Å². The van der Waals surface area contributed by atoms with Gasteiger partial charge in [0.15, 0.2) is 11.5 Å². The SMILES string of the molecule is COc1cccc(C2Oc3ccc(Cl)cc3C3CC(c4ccc5c(c4)OCO5)=NN32)c1. The minimum atomic E-state index is -0.375. The summed E-state index contributed by atoms with van der Waals surface area (Å²) in [6.45, 7) is 0.248. The third-order valence-electron chi connectivity index (χ3n) is 5.84. The molecule has 0 N–H and O–H groups in total. The van der Waals surface area contributed by atoms with E-state index in [9.17, 15) is 0 Å². The number of hydrogen-bond acceptors (Lipinski definition) is 6. The van der Waals surface area contributed by atoms with E-state index in [2.05, 4.69) is 0 Å². The van der Waals surface area contributed by atoms with E-state index in [-0.39, 0.29) is 19.1 Å². The third-order valence-corrected chi connectivity index (χ3v) is 6.07. The van der Waals surface area contributed by atoms with E-state index in [1.54, 1.807) is 7.11 Å². The van der Waals surface area contributed by atoms with Crippen molar-refractivity contribution in [2.45, 2.75) is 18.7 Å². The van der Waals surface area contributed by atoms with Crippen LogP contribution in [0.4, 0.5) is 0 Å². The molecule has 0 aliphatic carbocycles. The number of halogens is 1. The number of hydrogen-bond donors (Lipinski definition) is 0. The van der Waals surface area contributed by atoms with Gasteiger partial charge in [-0.1, -0.05) is 23.7 Å². The molecule has 31 heavy (non-hydrogen) atoms. The van der Waals surface area contributed by atoms with Gasteiger partial charge in [0.25, 0.3) is 0 Å². The van der Waals surface area contributed by atoms with Crippen molar-refractivity contribution in [2.24, 2.45) is 5.10 Å². The first-order valence-electron chi connectivity index (χ1n) is 10.1. The van der Waals surface area contributed by atoms with Crippen molar-refractivity contribution in [3.8, 4) is 23.0 Å². The lowest BCUT2D eigenvalue weighted by Crippen LogP contribution is -2.33. The number of ether oxygens (including phenoxy) is 4. The average Bonchev–Trinajstić information content (AvgIpc) is 3.45. The molecule has 7 heteroatoms. The van der Waals surface area contributed by atoms with Gasteiger partial charge >= 0.3 is 0 Å². The monoisotopic (exact) mass is 434 g/mol. The Morgan fingerprint density at radius 2 is 1.87 bits per heavy atom. The molecule has 3 aromatic carbocycles. The van der Waals surface area contributed by atoms with Crippen LogP contribution in [-0.2, 0) is 0 Å². The molecule has 2 atom stereocenters. The molecule has 0 aromatic heterocycles. The number of fused-ring (bicyclic) bond motifs is 4. The Kier molecular flexibility index (Phi) is 4.21. The summed E-state index contributed by atoms with van der Waals surface area (Å²) in [5.41, 5.74) is 3.98. The highest BCUT2D eigenvalue weighted by molar-refractivity contribution is 6.30. The Labute approximate surface area is 184 Å². The Morgan fingerprint density at radius 1 is 1.00 bits per heavy atom. The van der Waals surface area contributed by atoms with Crippen LogP contribution in [0.5, 0.6) is 23.0 Å². The summed E-state index contributed by atoms with van der Waals surface area (Å²) in [7, 11) is 1.66. The van der Waals surface area contributed by atoms with Gasteiger partial charge in [-0.05, 0) is 48.5 Å². The standard InChI is InChI=1S/C24H19ClN2O4/c1-28-17-4-2-3-15(9-17)24-27-20(18-11-16(25)6-8-21(18)31-24)12-19(26-27)14-5-7-22-23(10-14)30-13-29-22/h2-11,20,24H,12-13H2,1H3. The van der Waals surface area contributed by atoms with Gasteiger partial charge in [-0.3, -0.25) is 0 Å². The zero-order valence-corrected chi connectivity index (χ0v) is 17.5. The Morgan fingerprint density at radius 3 is 2.77 bits per heavy atom. The van der Waals surface area contributed by atoms with Gasteiger partial charge in [-0.25, -0.2) is 5.01 Å². The lowest BCUT2D eigenvalue weighted by atomic mass is 9.95. The smallest absolute Gasteiger partial charge is 0.231 e. The molecule has 0 spiro atoms. The molecule has 3 heterocycles. The molecule has 0 saturated carbocycles. The van der Waals surface area contributed by atoms with Gasteiger partial charge < -0.3 is 18.9 Å². The van der Waals surface area contributed by atoms with Crippen molar-refractivity contribution in [2.75, 3.05) is 13.9 Å². The maximum atomic E-state index is 6.40. The zero-order valence-electron chi connectivity index (χ0n) is 16.7. The van der Waals surface area contributed by atoms with E-state index in [1.165, 1.54) is 0 Å². The molecule has 0 saturated heterocycles. The summed E-state index contributed by atoms with van der Waals surface area (Å²) in [6, 6.07) is 19.6. The second kappa shape index (κ2) is 7.10. The topological polar surface area (TPSA) is 52.5 Å². The first-order valence-corrected chi connectivity index (χ1v) is 10.4. The highest BCUT2D eigenvalue weighted by Crippen LogP contribution is 2.48. The van der Waals surface area contributed by atoms with Crippen LogP contribution in [0.15, 0.2) is 65.8 Å². The van der Waals surface area contributed by atoms with Crippen LogP contribution < -0.4 is 18.9 Å². The maximum Gasteiger partial charge on any atom is 0.231 e. The molecule has 6 nitrogen and oxygen atoms in total. The van der Waals surface area contributed by atoms with Crippen LogP contribution in [0, 0.1) is 0 Å². The summed E-state index contributed by atoms with van der Waals surface area (Å²) < 4.78 is 22.8. The molecule has 0 fully saturated rings. The first kappa shape index (κ1) is 18.4. The fourth-order valence-electron chi connectivity index (χ4n) is 4.32. The second-order valence-electron chi connectivity index (χ2n) is 7.64. The zero-order chi connectivity index (χ0) is 20.9. The fourth-order valence-corrected chi connectivity index (χ4v) is 4.50. The van der Waals surface area contributed by atoms with Crippen LogP contribution in [-0.4, -0.2) is 24.6 Å². The number of rotatable bonds is 3. The first-order chi connectivity index (χ1) is 15.2. The maximum absolute atomic E-state index is 6.40. The van der Waals surface area contributed by atoms with Crippen LogP contribution in [0.1, 0.15) is 35.4 Å². The number of benzene rings is 3. The molecular weight excluding hydrogens is 416 g/mol. The van der Waals surface area contributed by atoms with Crippen LogP contribution in [0.2, 0.25) is 5.02 Å². The minimum Gasteiger partial charge on any atom is -0.497 e. The van der Waals surface area contributed by atoms with Crippen molar-refractivity contribution >= 4 is 17.3 Å². The van der Waals surface area contributed by atoms with E-state index in [1.807, 2.05) is 65.7 Å². The quantitative estimate of drug-likeness (QED) is 0.558. The highest BCUT2D eigenvalue weighted by atomic mass is 35.5. The Balaban J connectivity index is 1.44. The molecule has 0 amide bonds. The van der Waals surface area contributed by atoms with E-state index < -0.39 is 0 Å². The normalized spacial score (nSPS) is 20.6. The van der Waals surface area contributed by atoms with E-state index in [0.29, 0.717) is 5.02 Å². The van der Waals surface area contributed by atoms with Gasteiger partial charge in [0.2, 0.25) is 13.0 Å². The molecule has 3 aromatic rings. The van der Waals surface area contributed by atoms with Crippen molar-refractivity contribution in [3.63, 3.8) is 0 Å². The fraction of sp³-hybridized carbons (Fsp3) is 0.208. The molecule has 2 unspecified atom stereocenters. The summed E-state index contributed by atoms with van der Waals surface area (Å²) >= 11 is 6.32. The molecule has 3 aliphatic rings. The van der Waals surface area contributed by atoms with E-state index in [4.69, 9.17) is 35.6 Å². The third kappa shape index (κ3) is 3.06. The number of methoxy groups -OCH3 is 1. The number of hydrazone groups is 1. The van der Waals surface area contributed by atoms with Crippen LogP contribution in [0.3, 0.4) is 0 Å². The Hall–Kier alpha value is -3.38. The average molecular weight is 435 g/mol. The molecule has 0 bridgehead atoms. The lowest BCUT2D eigenvalue weighted by Gasteiger charge is -2.38. The summed E-state index contributed by atoms with van der Waals surface area (Å²) in [5, 5.41) is 7.69. The summed E-state index contributed by atoms with van der Waals surface area (Å²) in [6.07, 6.45) is 0.358. The van der Waals surface area contributed by atoms with Crippen molar-refractivity contribution < 1.29 is 18.9 Å². The number of nitrogens with zero attached hydrogens (tertiary/aromatic N) is 2. The summed E-state index contributed by atoms with van der Waals surface area (Å²) in [4.78, 5) is 0. The molecule has 0 radical (unpaired) electrons. The Bertz CT molecular complexity index is 1210. The second-order valence-corrected chi connectivity index (χ2v) is 8.08. The predicted octanol–water partition coefficient (Wildman–Crippen LogP) is 5.32. The van der Waals surface area contributed by atoms with Gasteiger partial charge in [-0.15, -0.1) is 0 Å². The van der Waals surface area contributed by atoms with E-state index in [0.717, 1.165) is 51.8 Å². The predicted molar refractivity (Wildman–Crippen MR) is 116 cm³/mol. The van der Waals surface area contributed by atoms with Gasteiger partial charge in [-0.2, -0.15) is 5.10 Å². The van der Waals surface area contributed by atoms with Crippen molar-refractivity contribution in [3.05, 3.63) is 82.4 Å². The van der Waals surface area contributed by atoms with Gasteiger partial charge in [0.1, 0.15) is 11.5 Å². The van der Waals surface area contributed by atoms with Crippen molar-refractivity contribution in [1.29, 1.82) is 0 Å². The van der Waals surface area contributed by atoms with Crippen LogP contribution >= 0.6 is 11.6 Å². The summed E-state index contributed by atoms with van der Waals surface area (Å²) in [5.74, 6) is 3.10. The largest absolute Gasteiger partial charge is 0.497 e. The molecule has 156 valence electrons. The van der Waals surface area contributed by atoms with Crippen LogP contribution in [0.25, 0.3) is 0 Å². The van der Waals surface area contributed by atoms with Crippen molar-refractivity contribution in [1.82, 2.24) is 5.01 Å². The molecule has 6 rings (SSSR count). The van der Waals surface area contributed by atoms with E-state index >= 15 is 0 Å². The highest BCUT2D eigenvalue weighted by Gasteiger charge is 2.41. The van der Waals surface area contributed by atoms with Gasteiger partial charge in [0, 0.05) is 28.1 Å². The molecule has 3 aliphatic heterocycles.